The van der Waals surface area contributed by atoms with Gasteiger partial charge in [0.05, 0.1) is 0 Å². The summed E-state index contributed by atoms with van der Waals surface area (Å²) in [5, 5.41) is 6.08. The molecule has 0 bridgehead atoms. The maximum Gasteiger partial charge on any atom is 0.270 e. The van der Waals surface area contributed by atoms with Crippen LogP contribution in [-0.2, 0) is 6.54 Å². The third-order valence-corrected chi connectivity index (χ3v) is 4.13. The number of nitrogens with zero attached hydrogens (tertiary/aromatic N) is 3. The van der Waals surface area contributed by atoms with Crippen LogP contribution in [0.3, 0.4) is 0 Å². The topological polar surface area (TPSA) is 70.2 Å². The van der Waals surface area contributed by atoms with Crippen LogP contribution in [0.4, 0.5) is 17.2 Å². The minimum absolute atomic E-state index is 0.232. The van der Waals surface area contributed by atoms with Gasteiger partial charge >= 0.3 is 0 Å². The molecule has 2 N–H and O–H groups in total. The maximum atomic E-state index is 12.4. The zero-order valence-electron chi connectivity index (χ0n) is 15.7. The van der Waals surface area contributed by atoms with Crippen LogP contribution >= 0.6 is 0 Å². The number of aryl methyl sites for hydroxylation is 1. The van der Waals surface area contributed by atoms with Gasteiger partial charge in [0.25, 0.3) is 5.91 Å². The number of hydrogen-bond acceptors (Lipinski definition) is 5. The molecule has 1 heterocycles. The van der Waals surface area contributed by atoms with Gasteiger partial charge in [-0.25, -0.2) is 9.97 Å². The number of carbonyl (C=O) groups excluding carboxylic acids is 1. The molecule has 0 fully saturated rings. The van der Waals surface area contributed by atoms with Crippen LogP contribution in [-0.4, -0.2) is 30.0 Å². The fraction of sp³-hybridized carbons (Fsp3) is 0.190. The SMILES string of the molecule is Cc1ccc(CNC(=O)c2cc(Nc3ccc(N(C)C)cc3)ncn2)cc1. The molecule has 3 rings (SSSR count). The predicted octanol–water partition coefficient (Wildman–Crippen LogP) is 3.52. The van der Waals surface area contributed by atoms with E-state index in [0.717, 1.165) is 16.9 Å². The summed E-state index contributed by atoms with van der Waals surface area (Å²) in [4.78, 5) is 22.7. The van der Waals surface area contributed by atoms with Gasteiger partial charge < -0.3 is 15.5 Å². The molecule has 0 spiro atoms. The van der Waals surface area contributed by atoms with Crippen molar-refractivity contribution in [3.8, 4) is 0 Å². The first-order chi connectivity index (χ1) is 13.0. The Morgan fingerprint density at radius 3 is 2.37 bits per heavy atom. The second-order valence-corrected chi connectivity index (χ2v) is 6.52. The highest BCUT2D eigenvalue weighted by Gasteiger charge is 2.09. The Morgan fingerprint density at radius 2 is 1.70 bits per heavy atom. The van der Waals surface area contributed by atoms with E-state index in [0.29, 0.717) is 18.1 Å². The predicted molar refractivity (Wildman–Crippen MR) is 108 cm³/mol. The number of rotatable bonds is 6. The zero-order valence-corrected chi connectivity index (χ0v) is 15.7. The van der Waals surface area contributed by atoms with Crippen molar-refractivity contribution in [3.63, 3.8) is 0 Å². The fourth-order valence-electron chi connectivity index (χ4n) is 2.52. The molecule has 138 valence electrons. The van der Waals surface area contributed by atoms with Gasteiger partial charge in [0.15, 0.2) is 0 Å². The standard InChI is InChI=1S/C21H23N5O/c1-15-4-6-16(7-5-15)13-22-21(27)19-12-20(24-14-23-19)25-17-8-10-18(11-9-17)26(2)3/h4-12,14H,13H2,1-3H3,(H,22,27)(H,23,24,25). The number of carbonyl (C=O) groups is 1. The molecule has 6 nitrogen and oxygen atoms in total. The molecular weight excluding hydrogens is 338 g/mol. The Balaban J connectivity index is 1.63. The second kappa shape index (κ2) is 8.31. The van der Waals surface area contributed by atoms with Crippen LogP contribution in [0.1, 0.15) is 21.6 Å². The van der Waals surface area contributed by atoms with Crippen molar-refractivity contribution in [2.45, 2.75) is 13.5 Å². The molecule has 0 aliphatic rings. The van der Waals surface area contributed by atoms with Crippen LogP contribution in [0.5, 0.6) is 0 Å². The van der Waals surface area contributed by atoms with E-state index in [1.165, 1.54) is 11.9 Å². The molecule has 0 atom stereocenters. The van der Waals surface area contributed by atoms with E-state index in [1.54, 1.807) is 6.07 Å². The summed E-state index contributed by atoms with van der Waals surface area (Å²) in [6.07, 6.45) is 1.39. The molecule has 0 aliphatic carbocycles. The Labute approximate surface area is 159 Å². The monoisotopic (exact) mass is 361 g/mol. The molecule has 27 heavy (non-hydrogen) atoms. The Bertz CT molecular complexity index is 905. The van der Waals surface area contributed by atoms with Gasteiger partial charge in [-0.3, -0.25) is 4.79 Å². The van der Waals surface area contributed by atoms with Crippen LogP contribution in [0.2, 0.25) is 0 Å². The molecular formula is C21H23N5O. The van der Waals surface area contributed by atoms with E-state index in [1.807, 2.05) is 74.4 Å². The van der Waals surface area contributed by atoms with Gasteiger partial charge in [0.1, 0.15) is 17.8 Å². The summed E-state index contributed by atoms with van der Waals surface area (Å²) in [6.45, 7) is 2.49. The highest BCUT2D eigenvalue weighted by atomic mass is 16.1. The Morgan fingerprint density at radius 1 is 1.00 bits per heavy atom. The van der Waals surface area contributed by atoms with E-state index in [9.17, 15) is 4.79 Å². The summed E-state index contributed by atoms with van der Waals surface area (Å²) < 4.78 is 0. The number of aromatic nitrogens is 2. The van der Waals surface area contributed by atoms with E-state index < -0.39 is 0 Å². The number of amides is 1. The first-order valence-corrected chi connectivity index (χ1v) is 8.71. The van der Waals surface area contributed by atoms with E-state index >= 15 is 0 Å². The average molecular weight is 361 g/mol. The summed E-state index contributed by atoms with van der Waals surface area (Å²) in [5.74, 6) is 0.340. The van der Waals surface area contributed by atoms with Crippen molar-refractivity contribution < 1.29 is 4.79 Å². The normalized spacial score (nSPS) is 10.3. The van der Waals surface area contributed by atoms with Crippen LogP contribution in [0.25, 0.3) is 0 Å². The lowest BCUT2D eigenvalue weighted by Gasteiger charge is -2.13. The summed E-state index contributed by atoms with van der Waals surface area (Å²) in [5.41, 5.74) is 4.56. The molecule has 0 unspecified atom stereocenters. The molecule has 0 saturated heterocycles. The first-order valence-electron chi connectivity index (χ1n) is 8.71. The summed E-state index contributed by atoms with van der Waals surface area (Å²) >= 11 is 0. The van der Waals surface area contributed by atoms with Crippen molar-refractivity contribution in [2.24, 2.45) is 0 Å². The van der Waals surface area contributed by atoms with Gasteiger partial charge in [-0.1, -0.05) is 29.8 Å². The average Bonchev–Trinajstić information content (AvgIpc) is 2.68. The van der Waals surface area contributed by atoms with E-state index in [4.69, 9.17) is 0 Å². The zero-order chi connectivity index (χ0) is 19.2. The van der Waals surface area contributed by atoms with Crippen molar-refractivity contribution in [1.82, 2.24) is 15.3 Å². The second-order valence-electron chi connectivity index (χ2n) is 6.52. The number of anilines is 3. The van der Waals surface area contributed by atoms with Crippen LogP contribution < -0.4 is 15.5 Å². The minimum atomic E-state index is -0.232. The molecule has 1 aromatic heterocycles. The van der Waals surface area contributed by atoms with Gasteiger partial charge in [-0.05, 0) is 36.8 Å². The van der Waals surface area contributed by atoms with Crippen molar-refractivity contribution in [3.05, 3.63) is 77.7 Å². The van der Waals surface area contributed by atoms with Crippen molar-refractivity contribution in [1.29, 1.82) is 0 Å². The number of benzene rings is 2. The first kappa shape index (κ1) is 18.4. The van der Waals surface area contributed by atoms with Gasteiger partial charge in [-0.2, -0.15) is 0 Å². The van der Waals surface area contributed by atoms with Gasteiger partial charge in [0, 0.05) is 38.1 Å². The largest absolute Gasteiger partial charge is 0.378 e. The molecule has 0 saturated carbocycles. The highest BCUT2D eigenvalue weighted by Crippen LogP contribution is 2.19. The fourth-order valence-corrected chi connectivity index (χ4v) is 2.52. The molecule has 6 heteroatoms. The van der Waals surface area contributed by atoms with Gasteiger partial charge in [0.2, 0.25) is 0 Å². The van der Waals surface area contributed by atoms with E-state index in [-0.39, 0.29) is 5.91 Å². The third-order valence-electron chi connectivity index (χ3n) is 4.13. The summed E-state index contributed by atoms with van der Waals surface area (Å²) in [7, 11) is 3.99. The smallest absolute Gasteiger partial charge is 0.270 e. The van der Waals surface area contributed by atoms with Crippen molar-refractivity contribution >= 4 is 23.1 Å². The lowest BCUT2D eigenvalue weighted by molar-refractivity contribution is 0.0946. The molecule has 3 aromatic rings. The number of hydrogen-bond donors (Lipinski definition) is 2. The van der Waals surface area contributed by atoms with Crippen LogP contribution in [0.15, 0.2) is 60.9 Å². The molecule has 1 amide bonds. The van der Waals surface area contributed by atoms with Gasteiger partial charge in [-0.15, -0.1) is 0 Å². The molecule has 0 aliphatic heterocycles. The third kappa shape index (κ3) is 5.04. The highest BCUT2D eigenvalue weighted by molar-refractivity contribution is 5.92. The summed E-state index contributed by atoms with van der Waals surface area (Å²) in [6, 6.07) is 17.6. The minimum Gasteiger partial charge on any atom is -0.378 e. The number of nitrogens with one attached hydrogen (secondary N) is 2. The lowest BCUT2D eigenvalue weighted by atomic mass is 10.1. The van der Waals surface area contributed by atoms with E-state index in [2.05, 4.69) is 20.6 Å². The van der Waals surface area contributed by atoms with Crippen molar-refractivity contribution in [2.75, 3.05) is 24.3 Å². The maximum absolute atomic E-state index is 12.4. The quantitative estimate of drug-likeness (QED) is 0.703. The Kier molecular flexibility index (Phi) is 5.66. The molecule has 0 radical (unpaired) electrons. The lowest BCUT2D eigenvalue weighted by Crippen LogP contribution is -2.24. The Hall–Kier alpha value is -3.41. The van der Waals surface area contributed by atoms with Crippen LogP contribution in [0, 0.1) is 6.92 Å². The molecule has 2 aromatic carbocycles.